The fraction of sp³-hybridized carbons (Fsp3) is 0.312. The molecule has 0 bridgehead atoms. The van der Waals surface area contributed by atoms with Gasteiger partial charge in [-0.25, -0.2) is 4.79 Å². The van der Waals surface area contributed by atoms with Crippen molar-refractivity contribution in [1.82, 2.24) is 4.98 Å². The van der Waals surface area contributed by atoms with E-state index in [0.29, 0.717) is 11.3 Å². The first-order valence-corrected chi connectivity index (χ1v) is 6.59. The highest BCUT2D eigenvalue weighted by molar-refractivity contribution is 5.91. The van der Waals surface area contributed by atoms with E-state index in [-0.39, 0.29) is 6.10 Å². The van der Waals surface area contributed by atoms with Crippen molar-refractivity contribution in [3.05, 3.63) is 41.1 Å². The molecule has 0 aliphatic rings. The van der Waals surface area contributed by atoms with E-state index >= 15 is 0 Å². The van der Waals surface area contributed by atoms with Crippen molar-refractivity contribution in [3.8, 4) is 17.0 Å². The second-order valence-electron chi connectivity index (χ2n) is 5.17. The smallest absolute Gasteiger partial charge is 0.337 e. The number of aromatic amines is 1. The number of aromatic carboxylic acids is 1. The second-order valence-corrected chi connectivity index (χ2v) is 5.17. The van der Waals surface area contributed by atoms with Gasteiger partial charge >= 0.3 is 5.97 Å². The molecule has 106 valence electrons. The van der Waals surface area contributed by atoms with E-state index in [2.05, 4.69) is 4.98 Å². The minimum atomic E-state index is -0.915. The van der Waals surface area contributed by atoms with E-state index in [0.717, 1.165) is 22.6 Å². The van der Waals surface area contributed by atoms with Crippen LogP contribution in [0.3, 0.4) is 0 Å². The Morgan fingerprint density at radius 1 is 1.25 bits per heavy atom. The van der Waals surface area contributed by atoms with Crippen LogP contribution < -0.4 is 4.74 Å². The van der Waals surface area contributed by atoms with Crippen molar-refractivity contribution in [3.63, 3.8) is 0 Å². The van der Waals surface area contributed by atoms with Crippen LogP contribution in [0, 0.1) is 13.8 Å². The van der Waals surface area contributed by atoms with E-state index in [1.807, 2.05) is 39.0 Å². The van der Waals surface area contributed by atoms with Gasteiger partial charge < -0.3 is 14.8 Å². The minimum Gasteiger partial charge on any atom is -0.491 e. The summed E-state index contributed by atoms with van der Waals surface area (Å²) >= 11 is 0. The van der Waals surface area contributed by atoms with Gasteiger partial charge in [0.05, 0.1) is 11.7 Å². The first-order chi connectivity index (χ1) is 9.38. The molecule has 2 N–H and O–H groups in total. The minimum absolute atomic E-state index is 0.130. The predicted octanol–water partition coefficient (Wildman–Crippen LogP) is 3.78. The van der Waals surface area contributed by atoms with Crippen LogP contribution in [0.1, 0.15) is 35.5 Å². The van der Waals surface area contributed by atoms with E-state index in [9.17, 15) is 4.79 Å². The van der Waals surface area contributed by atoms with Gasteiger partial charge in [0, 0.05) is 11.4 Å². The Morgan fingerprint density at radius 3 is 2.45 bits per heavy atom. The molecule has 0 radical (unpaired) electrons. The van der Waals surface area contributed by atoms with E-state index in [1.165, 1.54) is 0 Å². The number of rotatable bonds is 4. The number of carbonyl (C=O) groups is 1. The molecular weight excluding hydrogens is 254 g/mol. The summed E-state index contributed by atoms with van der Waals surface area (Å²) in [5.41, 5.74) is 3.75. The normalized spacial score (nSPS) is 10.8. The van der Waals surface area contributed by atoms with Gasteiger partial charge in [0.15, 0.2) is 0 Å². The summed E-state index contributed by atoms with van der Waals surface area (Å²) < 4.78 is 5.70. The monoisotopic (exact) mass is 273 g/mol. The number of hydrogen-bond donors (Lipinski definition) is 2. The highest BCUT2D eigenvalue weighted by Crippen LogP contribution is 2.27. The molecule has 4 nitrogen and oxygen atoms in total. The summed E-state index contributed by atoms with van der Waals surface area (Å²) in [5.74, 6) is -0.0630. The average molecular weight is 273 g/mol. The summed E-state index contributed by atoms with van der Waals surface area (Å²) in [4.78, 5) is 14.2. The summed E-state index contributed by atoms with van der Waals surface area (Å²) in [6, 6.07) is 7.51. The molecule has 0 saturated carbocycles. The topological polar surface area (TPSA) is 62.3 Å². The molecule has 0 amide bonds. The lowest BCUT2D eigenvalue weighted by atomic mass is 10.1. The molecule has 2 rings (SSSR count). The lowest BCUT2D eigenvalue weighted by Gasteiger charge is -2.13. The van der Waals surface area contributed by atoms with E-state index in [1.54, 1.807) is 13.0 Å². The molecule has 20 heavy (non-hydrogen) atoms. The second kappa shape index (κ2) is 5.41. The Hall–Kier alpha value is -2.23. The van der Waals surface area contributed by atoms with Crippen LogP contribution in [0.5, 0.6) is 5.75 Å². The van der Waals surface area contributed by atoms with E-state index < -0.39 is 5.97 Å². The molecule has 0 spiro atoms. The first kappa shape index (κ1) is 14.2. The summed E-state index contributed by atoms with van der Waals surface area (Å²) in [5, 5.41) is 9.08. The molecule has 4 heteroatoms. The molecule has 0 atom stereocenters. The maximum absolute atomic E-state index is 11.1. The largest absolute Gasteiger partial charge is 0.491 e. The zero-order valence-electron chi connectivity index (χ0n) is 12.2. The van der Waals surface area contributed by atoms with Gasteiger partial charge in [-0.2, -0.15) is 0 Å². The van der Waals surface area contributed by atoms with Crippen LogP contribution in [0.25, 0.3) is 11.3 Å². The lowest BCUT2D eigenvalue weighted by Crippen LogP contribution is -2.06. The third-order valence-electron chi connectivity index (χ3n) is 3.09. The van der Waals surface area contributed by atoms with Crippen LogP contribution >= 0.6 is 0 Å². The standard InChI is InChI=1S/C16H19NO3/c1-9(2)20-15-6-5-12(7-10(15)3)14-8-13(16(18)19)11(4)17-14/h5-9,17H,1-4H3,(H,18,19). The highest BCUT2D eigenvalue weighted by Gasteiger charge is 2.13. The molecule has 0 unspecified atom stereocenters. The number of H-pyrrole nitrogens is 1. The van der Waals surface area contributed by atoms with Crippen LogP contribution in [0.15, 0.2) is 24.3 Å². The van der Waals surface area contributed by atoms with Crippen molar-refractivity contribution < 1.29 is 14.6 Å². The van der Waals surface area contributed by atoms with E-state index in [4.69, 9.17) is 9.84 Å². The fourth-order valence-corrected chi connectivity index (χ4v) is 2.14. The van der Waals surface area contributed by atoms with Crippen LogP contribution in [0.4, 0.5) is 0 Å². The maximum atomic E-state index is 11.1. The summed E-state index contributed by atoms with van der Waals surface area (Å²) in [7, 11) is 0. The molecule has 1 heterocycles. The van der Waals surface area contributed by atoms with Gasteiger partial charge in [-0.05, 0) is 63.1 Å². The van der Waals surface area contributed by atoms with Crippen molar-refractivity contribution in [1.29, 1.82) is 0 Å². The van der Waals surface area contributed by atoms with Crippen molar-refractivity contribution in [2.45, 2.75) is 33.8 Å². The number of benzene rings is 1. The fourth-order valence-electron chi connectivity index (χ4n) is 2.14. The van der Waals surface area contributed by atoms with Gasteiger partial charge in [0.2, 0.25) is 0 Å². The highest BCUT2D eigenvalue weighted by atomic mass is 16.5. The third kappa shape index (κ3) is 2.85. The van der Waals surface area contributed by atoms with Gasteiger partial charge in [0.1, 0.15) is 5.75 Å². The predicted molar refractivity (Wildman–Crippen MR) is 78.4 cm³/mol. The SMILES string of the molecule is Cc1cc(-c2cc(C(=O)O)c(C)[nH]2)ccc1OC(C)C. The molecule has 1 aromatic heterocycles. The Labute approximate surface area is 118 Å². The molecule has 2 aromatic rings. The number of hydrogen-bond acceptors (Lipinski definition) is 2. The number of ether oxygens (including phenoxy) is 1. The molecule has 0 aliphatic heterocycles. The van der Waals surface area contributed by atoms with Crippen molar-refractivity contribution in [2.24, 2.45) is 0 Å². The first-order valence-electron chi connectivity index (χ1n) is 6.59. The summed E-state index contributed by atoms with van der Waals surface area (Å²) in [6.07, 6.45) is 0.130. The van der Waals surface area contributed by atoms with Crippen LogP contribution in [-0.2, 0) is 0 Å². The number of nitrogens with one attached hydrogen (secondary N) is 1. The zero-order valence-corrected chi connectivity index (χ0v) is 12.2. The molecule has 0 fully saturated rings. The van der Waals surface area contributed by atoms with Gasteiger partial charge in [-0.1, -0.05) is 0 Å². The van der Waals surface area contributed by atoms with Crippen molar-refractivity contribution >= 4 is 5.97 Å². The third-order valence-corrected chi connectivity index (χ3v) is 3.09. The zero-order chi connectivity index (χ0) is 14.9. The Kier molecular flexibility index (Phi) is 3.84. The van der Waals surface area contributed by atoms with Crippen LogP contribution in [0.2, 0.25) is 0 Å². The number of carboxylic acid groups (broad SMARTS) is 1. The Bertz CT molecular complexity index is 641. The number of aryl methyl sites for hydroxylation is 2. The van der Waals surface area contributed by atoms with Crippen LogP contribution in [-0.4, -0.2) is 22.2 Å². The van der Waals surface area contributed by atoms with Gasteiger partial charge in [-0.15, -0.1) is 0 Å². The maximum Gasteiger partial charge on any atom is 0.337 e. The molecule has 1 aromatic carbocycles. The van der Waals surface area contributed by atoms with Crippen molar-refractivity contribution in [2.75, 3.05) is 0 Å². The Morgan fingerprint density at radius 2 is 1.95 bits per heavy atom. The van der Waals surface area contributed by atoms with Gasteiger partial charge in [0.25, 0.3) is 0 Å². The average Bonchev–Trinajstić information content (AvgIpc) is 2.73. The quantitative estimate of drug-likeness (QED) is 0.891. The Balaban J connectivity index is 2.36. The summed E-state index contributed by atoms with van der Waals surface area (Å²) in [6.45, 7) is 7.72. The number of aromatic nitrogens is 1. The molecule has 0 aliphatic carbocycles. The number of carboxylic acids is 1. The molecule has 0 saturated heterocycles. The molecular formula is C16H19NO3. The van der Waals surface area contributed by atoms with Gasteiger partial charge in [-0.3, -0.25) is 0 Å². The lowest BCUT2D eigenvalue weighted by molar-refractivity contribution is 0.0696.